The van der Waals surface area contributed by atoms with E-state index in [0.29, 0.717) is 12.1 Å². The number of carbonyl (C=O) groups excluding carboxylic acids is 1. The second-order valence-electron chi connectivity index (χ2n) is 8.88. The van der Waals surface area contributed by atoms with E-state index in [1.807, 2.05) is 39.1 Å². The number of aryl methyl sites for hydroxylation is 1. The standard InChI is InChI=1S/C29H29N3O3/c1-5-30-29(3,27-8-6-7-24-19-20(2)9-18-26(24)27)31(4)28(33)23-12-10-21(11-13-23)22-14-16-25(17-15-22)32(34)35/h6-19,30H,5H2,1-4H3. The zero-order chi connectivity index (χ0) is 25.2. The molecule has 0 aromatic heterocycles. The van der Waals surface area contributed by atoms with Crippen LogP contribution in [0.15, 0.2) is 84.9 Å². The van der Waals surface area contributed by atoms with Crippen molar-refractivity contribution in [1.82, 2.24) is 10.2 Å². The molecule has 0 saturated heterocycles. The summed E-state index contributed by atoms with van der Waals surface area (Å²) in [6.45, 7) is 6.83. The maximum atomic E-state index is 13.6. The zero-order valence-corrected chi connectivity index (χ0v) is 20.4. The predicted molar refractivity (Wildman–Crippen MR) is 140 cm³/mol. The van der Waals surface area contributed by atoms with Gasteiger partial charge in [-0.2, -0.15) is 0 Å². The number of nitro benzene ring substituents is 1. The lowest BCUT2D eigenvalue weighted by Crippen LogP contribution is -2.54. The third-order valence-electron chi connectivity index (χ3n) is 6.60. The lowest BCUT2D eigenvalue weighted by Gasteiger charge is -2.41. The van der Waals surface area contributed by atoms with E-state index in [9.17, 15) is 14.9 Å². The molecule has 6 heteroatoms. The number of carbonyl (C=O) groups is 1. The van der Waals surface area contributed by atoms with Crippen LogP contribution in [0.2, 0.25) is 0 Å². The Morgan fingerprint density at radius 1 is 0.971 bits per heavy atom. The minimum atomic E-state index is -0.725. The van der Waals surface area contributed by atoms with Gasteiger partial charge in [0.05, 0.1) is 4.92 Å². The van der Waals surface area contributed by atoms with Gasteiger partial charge in [0.25, 0.3) is 11.6 Å². The highest BCUT2D eigenvalue weighted by molar-refractivity contribution is 5.96. The van der Waals surface area contributed by atoms with Gasteiger partial charge in [-0.1, -0.05) is 61.0 Å². The number of non-ortho nitro benzene ring substituents is 1. The van der Waals surface area contributed by atoms with Crippen molar-refractivity contribution in [2.24, 2.45) is 0 Å². The van der Waals surface area contributed by atoms with E-state index in [1.165, 1.54) is 17.7 Å². The summed E-state index contributed by atoms with van der Waals surface area (Å²) in [6, 6.07) is 26.3. The van der Waals surface area contributed by atoms with E-state index in [-0.39, 0.29) is 11.6 Å². The summed E-state index contributed by atoms with van der Waals surface area (Å²) in [5.74, 6) is -0.104. The van der Waals surface area contributed by atoms with Gasteiger partial charge < -0.3 is 4.90 Å². The van der Waals surface area contributed by atoms with Crippen LogP contribution >= 0.6 is 0 Å². The minimum absolute atomic E-state index is 0.0495. The first-order valence-electron chi connectivity index (χ1n) is 11.6. The Kier molecular flexibility index (Phi) is 6.67. The summed E-state index contributed by atoms with van der Waals surface area (Å²) in [6.07, 6.45) is 0. The molecular formula is C29H29N3O3. The maximum Gasteiger partial charge on any atom is 0.269 e. The van der Waals surface area contributed by atoms with Gasteiger partial charge in [-0.25, -0.2) is 0 Å². The average Bonchev–Trinajstić information content (AvgIpc) is 2.87. The molecule has 0 aliphatic carbocycles. The van der Waals surface area contributed by atoms with Crippen LogP contribution in [0.5, 0.6) is 0 Å². The molecule has 1 atom stereocenters. The molecule has 4 aromatic carbocycles. The lowest BCUT2D eigenvalue weighted by atomic mass is 9.92. The van der Waals surface area contributed by atoms with E-state index in [0.717, 1.165) is 27.5 Å². The highest BCUT2D eigenvalue weighted by Gasteiger charge is 2.35. The number of fused-ring (bicyclic) bond motifs is 1. The molecule has 35 heavy (non-hydrogen) atoms. The molecule has 0 fully saturated rings. The van der Waals surface area contributed by atoms with Crippen LogP contribution in [0, 0.1) is 17.0 Å². The van der Waals surface area contributed by atoms with Gasteiger partial charge in [0.15, 0.2) is 0 Å². The summed E-state index contributed by atoms with van der Waals surface area (Å²) in [4.78, 5) is 25.9. The van der Waals surface area contributed by atoms with Crippen LogP contribution in [0.3, 0.4) is 0 Å². The van der Waals surface area contributed by atoms with Crippen molar-refractivity contribution >= 4 is 22.4 Å². The van der Waals surface area contributed by atoms with E-state index in [4.69, 9.17) is 0 Å². The van der Waals surface area contributed by atoms with Gasteiger partial charge in [-0.15, -0.1) is 0 Å². The average molecular weight is 468 g/mol. The third kappa shape index (κ3) is 4.66. The molecule has 0 bridgehead atoms. The molecule has 0 saturated carbocycles. The van der Waals surface area contributed by atoms with Crippen molar-refractivity contribution in [3.05, 3.63) is 112 Å². The Morgan fingerprint density at radius 2 is 1.60 bits per heavy atom. The highest BCUT2D eigenvalue weighted by atomic mass is 16.6. The second-order valence-corrected chi connectivity index (χ2v) is 8.88. The molecule has 0 heterocycles. The first-order chi connectivity index (χ1) is 16.7. The summed E-state index contributed by atoms with van der Waals surface area (Å²) >= 11 is 0. The quantitative estimate of drug-likeness (QED) is 0.197. The summed E-state index contributed by atoms with van der Waals surface area (Å²) < 4.78 is 0. The summed E-state index contributed by atoms with van der Waals surface area (Å²) in [5.41, 5.74) is 3.86. The number of benzene rings is 4. The van der Waals surface area contributed by atoms with Crippen LogP contribution in [0.25, 0.3) is 21.9 Å². The van der Waals surface area contributed by atoms with Crippen molar-refractivity contribution in [3.63, 3.8) is 0 Å². The van der Waals surface area contributed by atoms with Gasteiger partial charge in [-0.3, -0.25) is 20.2 Å². The number of nitrogens with one attached hydrogen (secondary N) is 1. The molecule has 4 aromatic rings. The van der Waals surface area contributed by atoms with Gasteiger partial charge in [0, 0.05) is 24.7 Å². The number of hydrogen-bond donors (Lipinski definition) is 1. The lowest BCUT2D eigenvalue weighted by molar-refractivity contribution is -0.384. The van der Waals surface area contributed by atoms with Gasteiger partial charge >= 0.3 is 0 Å². The van der Waals surface area contributed by atoms with Crippen molar-refractivity contribution in [1.29, 1.82) is 0 Å². The molecule has 0 aliphatic heterocycles. The summed E-state index contributed by atoms with van der Waals surface area (Å²) in [5, 5.41) is 16.7. The van der Waals surface area contributed by atoms with Crippen LogP contribution in [-0.4, -0.2) is 29.3 Å². The number of nitrogens with zero attached hydrogens (tertiary/aromatic N) is 2. The monoisotopic (exact) mass is 467 g/mol. The van der Waals surface area contributed by atoms with Crippen LogP contribution in [0.1, 0.15) is 35.3 Å². The smallest absolute Gasteiger partial charge is 0.269 e. The van der Waals surface area contributed by atoms with E-state index in [2.05, 4.69) is 42.6 Å². The normalized spacial score (nSPS) is 12.8. The summed E-state index contributed by atoms with van der Waals surface area (Å²) in [7, 11) is 1.82. The molecule has 0 radical (unpaired) electrons. The van der Waals surface area contributed by atoms with Gasteiger partial charge in [0.2, 0.25) is 0 Å². The second kappa shape index (κ2) is 9.68. The van der Waals surface area contributed by atoms with Gasteiger partial charge in [-0.05, 0) is 72.1 Å². The minimum Gasteiger partial charge on any atom is -0.319 e. The largest absolute Gasteiger partial charge is 0.319 e. The van der Waals surface area contributed by atoms with Crippen molar-refractivity contribution in [3.8, 4) is 11.1 Å². The Bertz CT molecular complexity index is 1380. The number of nitro groups is 1. The molecule has 6 nitrogen and oxygen atoms in total. The number of rotatable bonds is 7. The Balaban J connectivity index is 1.66. The molecule has 178 valence electrons. The molecule has 1 N–H and O–H groups in total. The van der Waals surface area contributed by atoms with Crippen molar-refractivity contribution in [2.45, 2.75) is 26.4 Å². The fraction of sp³-hybridized carbons (Fsp3) is 0.207. The van der Waals surface area contributed by atoms with Crippen molar-refractivity contribution < 1.29 is 9.72 Å². The first-order valence-corrected chi connectivity index (χ1v) is 11.6. The van der Waals surface area contributed by atoms with Crippen LogP contribution in [0.4, 0.5) is 5.69 Å². The Hall–Kier alpha value is -4.03. The fourth-order valence-electron chi connectivity index (χ4n) is 4.54. The van der Waals surface area contributed by atoms with E-state index >= 15 is 0 Å². The Morgan fingerprint density at radius 3 is 2.20 bits per heavy atom. The van der Waals surface area contributed by atoms with Crippen LogP contribution < -0.4 is 5.32 Å². The first kappa shape index (κ1) is 24.1. The number of amides is 1. The fourth-order valence-corrected chi connectivity index (χ4v) is 4.54. The Labute approximate surface area is 205 Å². The maximum absolute atomic E-state index is 13.6. The molecular weight excluding hydrogens is 438 g/mol. The van der Waals surface area contributed by atoms with Crippen molar-refractivity contribution in [2.75, 3.05) is 13.6 Å². The van der Waals surface area contributed by atoms with E-state index in [1.54, 1.807) is 29.2 Å². The predicted octanol–water partition coefficient (Wildman–Crippen LogP) is 6.28. The topological polar surface area (TPSA) is 75.5 Å². The molecule has 0 aliphatic rings. The molecule has 4 rings (SSSR count). The van der Waals surface area contributed by atoms with Gasteiger partial charge in [0.1, 0.15) is 5.66 Å². The molecule has 1 amide bonds. The number of hydrogen-bond acceptors (Lipinski definition) is 4. The zero-order valence-electron chi connectivity index (χ0n) is 20.4. The molecule has 1 unspecified atom stereocenters. The van der Waals surface area contributed by atoms with Crippen LogP contribution in [-0.2, 0) is 5.66 Å². The van der Waals surface area contributed by atoms with E-state index < -0.39 is 10.6 Å². The third-order valence-corrected chi connectivity index (χ3v) is 6.60. The highest BCUT2D eigenvalue weighted by Crippen LogP contribution is 2.33. The SMILES string of the molecule is CCNC(C)(c1cccc2cc(C)ccc12)N(C)C(=O)c1ccc(-c2ccc([N+](=O)[O-])cc2)cc1. The molecule has 0 spiro atoms.